The van der Waals surface area contributed by atoms with Crippen molar-refractivity contribution in [3.63, 3.8) is 0 Å². The molecule has 0 aliphatic carbocycles. The predicted molar refractivity (Wildman–Crippen MR) is 97.8 cm³/mol. The summed E-state index contributed by atoms with van der Waals surface area (Å²) in [5.74, 6) is 0.184. The number of carbonyl (C=O) groups is 2. The zero-order valence-electron chi connectivity index (χ0n) is 13.8. The van der Waals surface area contributed by atoms with Gasteiger partial charge in [0.25, 0.3) is 0 Å². The average molecular weight is 362 g/mol. The van der Waals surface area contributed by atoms with Crippen LogP contribution in [-0.4, -0.2) is 18.5 Å². The molecule has 25 heavy (non-hydrogen) atoms. The van der Waals surface area contributed by atoms with Gasteiger partial charge in [-0.25, -0.2) is 4.79 Å². The first-order valence-electron chi connectivity index (χ1n) is 7.78. The fraction of sp³-hybridized carbons (Fsp3) is 0.222. The van der Waals surface area contributed by atoms with E-state index in [9.17, 15) is 9.59 Å². The van der Waals surface area contributed by atoms with Crippen molar-refractivity contribution in [1.82, 2.24) is 5.32 Å². The molecule has 4 N–H and O–H groups in total. The van der Waals surface area contributed by atoms with E-state index in [1.165, 1.54) is 0 Å². The summed E-state index contributed by atoms with van der Waals surface area (Å²) in [4.78, 5) is 22.7. The lowest BCUT2D eigenvalue weighted by molar-refractivity contribution is -0.118. The molecule has 0 fully saturated rings. The zero-order valence-corrected chi connectivity index (χ0v) is 14.5. The molecule has 0 aliphatic heterocycles. The Morgan fingerprint density at radius 1 is 1.20 bits per heavy atom. The summed E-state index contributed by atoms with van der Waals surface area (Å²) in [5.41, 5.74) is 6.59. The number of ether oxygens (including phenoxy) is 1. The van der Waals surface area contributed by atoms with E-state index in [1.807, 2.05) is 25.1 Å². The van der Waals surface area contributed by atoms with Gasteiger partial charge >= 0.3 is 6.03 Å². The maximum atomic E-state index is 12.1. The number of nitrogens with one attached hydrogen (secondary N) is 2. The Bertz CT molecular complexity index is 735. The molecule has 2 aromatic rings. The van der Waals surface area contributed by atoms with E-state index >= 15 is 0 Å². The first kappa shape index (κ1) is 18.6. The van der Waals surface area contributed by atoms with E-state index < -0.39 is 5.91 Å². The predicted octanol–water partition coefficient (Wildman–Crippen LogP) is 3.48. The number of nitrogens with two attached hydrogens (primary N) is 1. The number of primary amides is 1. The summed E-state index contributed by atoms with van der Waals surface area (Å²) in [7, 11) is 0. The zero-order chi connectivity index (χ0) is 18.2. The van der Waals surface area contributed by atoms with Crippen LogP contribution in [0, 0.1) is 0 Å². The third-order valence-electron chi connectivity index (χ3n) is 3.43. The van der Waals surface area contributed by atoms with E-state index in [0.717, 1.165) is 5.56 Å². The smallest absolute Gasteiger partial charge is 0.319 e. The van der Waals surface area contributed by atoms with Crippen molar-refractivity contribution in [2.75, 3.05) is 11.9 Å². The number of anilines is 1. The van der Waals surface area contributed by atoms with E-state index in [0.29, 0.717) is 16.5 Å². The number of rotatable bonds is 7. The Kier molecular flexibility index (Phi) is 6.65. The van der Waals surface area contributed by atoms with E-state index in [1.54, 1.807) is 30.3 Å². The van der Waals surface area contributed by atoms with Crippen molar-refractivity contribution in [2.45, 2.75) is 19.4 Å². The van der Waals surface area contributed by atoms with Gasteiger partial charge in [-0.3, -0.25) is 4.79 Å². The molecule has 1 unspecified atom stereocenters. The molecule has 0 radical (unpaired) electrons. The van der Waals surface area contributed by atoms with Crippen LogP contribution < -0.4 is 21.1 Å². The molecule has 0 bridgehead atoms. The molecule has 2 rings (SSSR count). The summed E-state index contributed by atoms with van der Waals surface area (Å²) in [6, 6.07) is 13.7. The van der Waals surface area contributed by atoms with Crippen LogP contribution in [0.4, 0.5) is 10.5 Å². The standard InChI is InChI=1S/C18H20ClN3O3/c1-12(13-3-2-4-14(19)11-13)21-18(24)22-15-5-7-16(8-6-15)25-10-9-17(20)23/h2-8,11-12H,9-10H2,1H3,(H2,20,23)(H2,21,22,24). The Hall–Kier alpha value is -2.73. The number of benzene rings is 2. The van der Waals surface area contributed by atoms with Crippen molar-refractivity contribution in [3.8, 4) is 5.75 Å². The van der Waals surface area contributed by atoms with Gasteiger partial charge < -0.3 is 21.1 Å². The number of carbonyl (C=O) groups excluding carboxylic acids is 2. The van der Waals surface area contributed by atoms with Crippen LogP contribution in [0.3, 0.4) is 0 Å². The number of halogens is 1. The molecule has 0 aliphatic rings. The molecular formula is C18H20ClN3O3. The molecule has 0 saturated heterocycles. The second-order valence-electron chi connectivity index (χ2n) is 5.46. The Labute approximate surface area is 151 Å². The minimum absolute atomic E-state index is 0.157. The van der Waals surface area contributed by atoms with Gasteiger partial charge in [-0.2, -0.15) is 0 Å². The van der Waals surface area contributed by atoms with E-state index in [-0.39, 0.29) is 25.1 Å². The first-order valence-corrected chi connectivity index (χ1v) is 8.16. The number of urea groups is 1. The second kappa shape index (κ2) is 8.94. The average Bonchev–Trinajstić information content (AvgIpc) is 2.56. The quantitative estimate of drug-likeness (QED) is 0.704. The van der Waals surface area contributed by atoms with Crippen LogP contribution in [0.5, 0.6) is 5.75 Å². The monoisotopic (exact) mass is 361 g/mol. The summed E-state index contributed by atoms with van der Waals surface area (Å²) in [5, 5.41) is 6.21. The van der Waals surface area contributed by atoms with Crippen LogP contribution >= 0.6 is 11.6 Å². The largest absolute Gasteiger partial charge is 0.493 e. The van der Waals surface area contributed by atoms with E-state index in [2.05, 4.69) is 10.6 Å². The van der Waals surface area contributed by atoms with Gasteiger partial charge in [0.15, 0.2) is 0 Å². The van der Waals surface area contributed by atoms with Gasteiger partial charge in [-0.05, 0) is 48.9 Å². The molecule has 0 saturated carbocycles. The highest BCUT2D eigenvalue weighted by Gasteiger charge is 2.10. The number of hydrogen-bond donors (Lipinski definition) is 3. The molecule has 132 valence electrons. The second-order valence-corrected chi connectivity index (χ2v) is 5.90. The highest BCUT2D eigenvalue weighted by atomic mass is 35.5. The van der Waals surface area contributed by atoms with Gasteiger partial charge in [-0.15, -0.1) is 0 Å². The van der Waals surface area contributed by atoms with Gasteiger partial charge in [0, 0.05) is 10.7 Å². The van der Waals surface area contributed by atoms with Crippen molar-refractivity contribution in [1.29, 1.82) is 0 Å². The van der Waals surface area contributed by atoms with Crippen LogP contribution in [0.15, 0.2) is 48.5 Å². The molecule has 6 nitrogen and oxygen atoms in total. The number of amides is 3. The Morgan fingerprint density at radius 3 is 2.56 bits per heavy atom. The summed E-state index contributed by atoms with van der Waals surface area (Å²) in [6.45, 7) is 2.10. The molecule has 0 spiro atoms. The minimum Gasteiger partial charge on any atom is -0.493 e. The van der Waals surface area contributed by atoms with Crippen molar-refractivity contribution >= 4 is 29.2 Å². The normalized spacial score (nSPS) is 11.4. The highest BCUT2D eigenvalue weighted by Crippen LogP contribution is 2.18. The summed E-state index contributed by atoms with van der Waals surface area (Å²) < 4.78 is 5.37. The molecular weight excluding hydrogens is 342 g/mol. The first-order chi connectivity index (χ1) is 11.9. The third-order valence-corrected chi connectivity index (χ3v) is 3.66. The SMILES string of the molecule is CC(NC(=O)Nc1ccc(OCCC(N)=O)cc1)c1cccc(Cl)c1. The molecule has 3 amide bonds. The topological polar surface area (TPSA) is 93.4 Å². The minimum atomic E-state index is -0.413. The molecule has 1 atom stereocenters. The van der Waals surface area contributed by atoms with Crippen LogP contribution in [-0.2, 0) is 4.79 Å². The van der Waals surface area contributed by atoms with Gasteiger partial charge in [0.2, 0.25) is 5.91 Å². The van der Waals surface area contributed by atoms with Crippen LogP contribution in [0.2, 0.25) is 5.02 Å². The Balaban J connectivity index is 1.84. The van der Waals surface area contributed by atoms with Crippen molar-refractivity contribution in [2.24, 2.45) is 5.73 Å². The maximum Gasteiger partial charge on any atom is 0.319 e. The molecule has 0 heterocycles. The maximum absolute atomic E-state index is 12.1. The fourth-order valence-corrected chi connectivity index (χ4v) is 2.33. The Morgan fingerprint density at radius 2 is 1.92 bits per heavy atom. The van der Waals surface area contributed by atoms with Crippen LogP contribution in [0.1, 0.15) is 24.9 Å². The number of hydrogen-bond acceptors (Lipinski definition) is 3. The van der Waals surface area contributed by atoms with Gasteiger partial charge in [-0.1, -0.05) is 23.7 Å². The fourth-order valence-electron chi connectivity index (χ4n) is 2.13. The molecule has 2 aromatic carbocycles. The summed E-state index contributed by atoms with van der Waals surface area (Å²) in [6.07, 6.45) is 0.157. The van der Waals surface area contributed by atoms with Gasteiger partial charge in [0.05, 0.1) is 19.1 Å². The van der Waals surface area contributed by atoms with Gasteiger partial charge in [0.1, 0.15) is 5.75 Å². The lowest BCUT2D eigenvalue weighted by Crippen LogP contribution is -2.31. The molecule has 7 heteroatoms. The lowest BCUT2D eigenvalue weighted by Gasteiger charge is -2.15. The van der Waals surface area contributed by atoms with Crippen molar-refractivity contribution in [3.05, 3.63) is 59.1 Å². The molecule has 0 aromatic heterocycles. The van der Waals surface area contributed by atoms with Crippen LogP contribution in [0.25, 0.3) is 0 Å². The van der Waals surface area contributed by atoms with E-state index in [4.69, 9.17) is 22.1 Å². The van der Waals surface area contributed by atoms with Crippen molar-refractivity contribution < 1.29 is 14.3 Å². The third kappa shape index (κ3) is 6.35. The highest BCUT2D eigenvalue weighted by molar-refractivity contribution is 6.30. The lowest BCUT2D eigenvalue weighted by atomic mass is 10.1. The summed E-state index contributed by atoms with van der Waals surface area (Å²) >= 11 is 5.96.